The van der Waals surface area contributed by atoms with E-state index in [1.807, 2.05) is 0 Å². The molecule has 0 aromatic carbocycles. The molecule has 6 heteroatoms. The Balaban J connectivity index is 3.18. The van der Waals surface area contributed by atoms with E-state index in [0.29, 0.717) is 19.5 Å². The maximum Gasteiger partial charge on any atom is 0.0521 e. The van der Waals surface area contributed by atoms with Crippen molar-refractivity contribution in [2.75, 3.05) is 20.1 Å². The van der Waals surface area contributed by atoms with E-state index in [4.69, 9.17) is 5.53 Å². The molecule has 0 rings (SSSR count). The predicted octanol–water partition coefficient (Wildman–Crippen LogP) is 1.30. The highest BCUT2D eigenvalue weighted by atomic mass is 16.3. The first-order valence-corrected chi connectivity index (χ1v) is 2.86. The van der Waals surface area contributed by atoms with Crippen molar-refractivity contribution in [1.29, 1.82) is 0 Å². The molecule has 6 nitrogen and oxygen atoms in total. The minimum Gasteiger partial charge on any atom is -0.264 e. The summed E-state index contributed by atoms with van der Waals surface area (Å²) in [6.07, 6.45) is 0.659. The Hall–Kier alpha value is -1.29. The summed E-state index contributed by atoms with van der Waals surface area (Å²) in [4.78, 5) is 12.3. The lowest BCUT2D eigenvalue weighted by Gasteiger charge is -2.04. The molecule has 0 saturated heterocycles. The van der Waals surface area contributed by atoms with Gasteiger partial charge in [-0.1, -0.05) is 5.11 Å². The van der Waals surface area contributed by atoms with Crippen LogP contribution in [0.5, 0.6) is 0 Å². The van der Waals surface area contributed by atoms with Crippen LogP contribution in [0.15, 0.2) is 10.4 Å². The molecular formula is C4H9N5O. The Morgan fingerprint density at radius 3 is 2.90 bits per heavy atom. The standard InChI is InChI=1S/C4H9N5O/c1-9(8-10)4-2-3-6-7-5/h2-4H2,1H3. The van der Waals surface area contributed by atoms with Gasteiger partial charge in [0, 0.05) is 25.0 Å². The van der Waals surface area contributed by atoms with Crippen LogP contribution in [0.2, 0.25) is 0 Å². The highest BCUT2D eigenvalue weighted by molar-refractivity contribution is 4.49. The lowest BCUT2D eigenvalue weighted by molar-refractivity contribution is 0.346. The number of hydrogen-bond acceptors (Lipinski definition) is 3. The van der Waals surface area contributed by atoms with Gasteiger partial charge in [0.05, 0.1) is 5.29 Å². The molecule has 0 aliphatic heterocycles. The molecule has 0 atom stereocenters. The van der Waals surface area contributed by atoms with E-state index in [-0.39, 0.29) is 0 Å². The fourth-order valence-electron chi connectivity index (χ4n) is 0.456. The average molecular weight is 143 g/mol. The van der Waals surface area contributed by atoms with Gasteiger partial charge < -0.3 is 0 Å². The van der Waals surface area contributed by atoms with Gasteiger partial charge in [-0.05, 0) is 12.0 Å². The molecule has 0 fully saturated rings. The van der Waals surface area contributed by atoms with Gasteiger partial charge in [-0.15, -0.1) is 4.91 Å². The fourth-order valence-corrected chi connectivity index (χ4v) is 0.456. The first-order valence-electron chi connectivity index (χ1n) is 2.86. The van der Waals surface area contributed by atoms with Gasteiger partial charge in [-0.25, -0.2) is 0 Å². The number of nitroso groups, excluding NO2 is 1. The smallest absolute Gasteiger partial charge is 0.0521 e. The quantitative estimate of drug-likeness (QED) is 0.145. The second-order valence-corrected chi connectivity index (χ2v) is 1.77. The van der Waals surface area contributed by atoms with E-state index in [1.165, 1.54) is 5.01 Å². The largest absolute Gasteiger partial charge is 0.264 e. The molecule has 0 N–H and O–H groups in total. The fraction of sp³-hybridized carbons (Fsp3) is 1.00. The lowest BCUT2D eigenvalue weighted by atomic mass is 10.4. The molecule has 0 unspecified atom stereocenters. The van der Waals surface area contributed by atoms with Crippen molar-refractivity contribution >= 4 is 0 Å². The number of azide groups is 1. The number of hydrogen-bond donors (Lipinski definition) is 0. The van der Waals surface area contributed by atoms with Gasteiger partial charge in [0.1, 0.15) is 0 Å². The van der Waals surface area contributed by atoms with Gasteiger partial charge in [0.15, 0.2) is 0 Å². The van der Waals surface area contributed by atoms with Gasteiger partial charge >= 0.3 is 0 Å². The topological polar surface area (TPSA) is 81.4 Å². The van der Waals surface area contributed by atoms with Crippen LogP contribution in [0.4, 0.5) is 0 Å². The minimum atomic E-state index is 0.413. The molecule has 56 valence electrons. The highest BCUT2D eigenvalue weighted by Crippen LogP contribution is 1.87. The van der Waals surface area contributed by atoms with Crippen molar-refractivity contribution in [3.63, 3.8) is 0 Å². The molecular weight excluding hydrogens is 134 g/mol. The first kappa shape index (κ1) is 8.71. The van der Waals surface area contributed by atoms with Crippen LogP contribution in [0.1, 0.15) is 6.42 Å². The molecule has 0 amide bonds. The van der Waals surface area contributed by atoms with E-state index in [0.717, 1.165) is 0 Å². The first-order chi connectivity index (χ1) is 4.81. The summed E-state index contributed by atoms with van der Waals surface area (Å²) in [6, 6.07) is 0. The summed E-state index contributed by atoms with van der Waals surface area (Å²) < 4.78 is 0. The second kappa shape index (κ2) is 5.84. The Kier molecular flexibility index (Phi) is 5.09. The zero-order valence-electron chi connectivity index (χ0n) is 5.77. The third-order valence-electron chi connectivity index (χ3n) is 0.942. The molecule has 10 heavy (non-hydrogen) atoms. The zero-order chi connectivity index (χ0) is 7.82. The highest BCUT2D eigenvalue weighted by Gasteiger charge is 1.91. The van der Waals surface area contributed by atoms with Crippen molar-refractivity contribution in [3.05, 3.63) is 15.3 Å². The molecule has 0 aromatic rings. The summed E-state index contributed by atoms with van der Waals surface area (Å²) in [7, 11) is 1.57. The van der Waals surface area contributed by atoms with Crippen molar-refractivity contribution in [2.24, 2.45) is 10.4 Å². The van der Waals surface area contributed by atoms with E-state index in [9.17, 15) is 4.91 Å². The van der Waals surface area contributed by atoms with Crippen LogP contribution in [0.3, 0.4) is 0 Å². The van der Waals surface area contributed by atoms with Crippen LogP contribution < -0.4 is 0 Å². The average Bonchev–Trinajstić information content (AvgIpc) is 1.98. The van der Waals surface area contributed by atoms with Crippen LogP contribution in [-0.2, 0) is 0 Å². The van der Waals surface area contributed by atoms with E-state index in [1.54, 1.807) is 7.05 Å². The Morgan fingerprint density at radius 1 is 1.70 bits per heavy atom. The van der Waals surface area contributed by atoms with Gasteiger partial charge in [-0.2, -0.15) is 0 Å². The van der Waals surface area contributed by atoms with Crippen molar-refractivity contribution in [2.45, 2.75) is 6.42 Å². The lowest BCUT2D eigenvalue weighted by Crippen LogP contribution is -2.11. The van der Waals surface area contributed by atoms with Crippen LogP contribution in [0, 0.1) is 4.91 Å². The third kappa shape index (κ3) is 4.86. The van der Waals surface area contributed by atoms with Crippen molar-refractivity contribution in [3.8, 4) is 0 Å². The van der Waals surface area contributed by atoms with Crippen LogP contribution in [-0.4, -0.2) is 25.1 Å². The maximum atomic E-state index is 9.74. The Bertz CT molecular complexity index is 141. The van der Waals surface area contributed by atoms with Crippen LogP contribution >= 0.6 is 0 Å². The Morgan fingerprint density at radius 2 is 2.40 bits per heavy atom. The summed E-state index contributed by atoms with van der Waals surface area (Å²) >= 11 is 0. The number of nitrogens with zero attached hydrogens (tertiary/aromatic N) is 5. The normalized spacial score (nSPS) is 8.10. The summed E-state index contributed by atoms with van der Waals surface area (Å²) in [5.74, 6) is 0. The molecule has 0 saturated carbocycles. The van der Waals surface area contributed by atoms with Crippen molar-refractivity contribution < 1.29 is 0 Å². The SMILES string of the molecule is CN(CCCN=[N+]=[N-])N=O. The minimum absolute atomic E-state index is 0.413. The van der Waals surface area contributed by atoms with Gasteiger partial charge in [-0.3, -0.25) is 5.01 Å². The molecule has 0 aromatic heterocycles. The molecule has 0 aliphatic rings. The second-order valence-electron chi connectivity index (χ2n) is 1.77. The van der Waals surface area contributed by atoms with Crippen LogP contribution in [0.25, 0.3) is 10.4 Å². The molecule has 0 aliphatic carbocycles. The predicted molar refractivity (Wildman–Crippen MR) is 37.1 cm³/mol. The van der Waals surface area contributed by atoms with E-state index >= 15 is 0 Å². The Labute approximate surface area is 58.4 Å². The molecule has 0 radical (unpaired) electrons. The summed E-state index contributed by atoms with van der Waals surface area (Å²) in [6.45, 7) is 0.943. The molecule has 0 spiro atoms. The molecule has 0 heterocycles. The van der Waals surface area contributed by atoms with Gasteiger partial charge in [0.2, 0.25) is 0 Å². The summed E-state index contributed by atoms with van der Waals surface area (Å²) in [5, 5.41) is 7.18. The zero-order valence-corrected chi connectivity index (χ0v) is 5.77. The summed E-state index contributed by atoms with van der Waals surface area (Å²) in [5.41, 5.74) is 7.85. The maximum absolute atomic E-state index is 9.74. The van der Waals surface area contributed by atoms with Crippen molar-refractivity contribution in [1.82, 2.24) is 5.01 Å². The number of rotatable bonds is 5. The molecule has 0 bridgehead atoms. The van der Waals surface area contributed by atoms with Gasteiger partial charge in [0.25, 0.3) is 0 Å². The third-order valence-corrected chi connectivity index (χ3v) is 0.942. The van der Waals surface area contributed by atoms with E-state index in [2.05, 4.69) is 15.3 Å². The monoisotopic (exact) mass is 143 g/mol. The van der Waals surface area contributed by atoms with E-state index < -0.39 is 0 Å².